The maximum Gasteiger partial charge on any atom is 0.417 e. The minimum atomic E-state index is -4.68. The lowest BCUT2D eigenvalue weighted by Crippen LogP contribution is -2.22. The van der Waals surface area contributed by atoms with Gasteiger partial charge in [0.25, 0.3) is 17.4 Å². The zero-order valence-corrected chi connectivity index (χ0v) is 17.3. The minimum absolute atomic E-state index is 0.0222. The van der Waals surface area contributed by atoms with Crippen LogP contribution in [0.15, 0.2) is 52.8 Å². The summed E-state index contributed by atoms with van der Waals surface area (Å²) in [5.74, 6) is -0.955. The van der Waals surface area contributed by atoms with Gasteiger partial charge in [-0.05, 0) is 41.1 Å². The largest absolute Gasteiger partial charge is 0.417 e. The van der Waals surface area contributed by atoms with Gasteiger partial charge in [0.1, 0.15) is 10.7 Å². The van der Waals surface area contributed by atoms with Gasteiger partial charge in [0.15, 0.2) is 0 Å². The number of aromatic nitrogens is 1. The van der Waals surface area contributed by atoms with E-state index in [9.17, 15) is 27.6 Å². The van der Waals surface area contributed by atoms with E-state index in [0.29, 0.717) is 23.7 Å². The van der Waals surface area contributed by atoms with Crippen LogP contribution in [0.3, 0.4) is 0 Å². The predicted molar refractivity (Wildman–Crippen MR) is 113 cm³/mol. The number of alkyl halides is 3. The highest BCUT2D eigenvalue weighted by molar-refractivity contribution is 7.14. The van der Waals surface area contributed by atoms with Crippen molar-refractivity contribution in [3.63, 3.8) is 0 Å². The average molecular weight is 449 g/mol. The number of amides is 2. The van der Waals surface area contributed by atoms with Crippen LogP contribution in [-0.4, -0.2) is 16.8 Å². The third-order valence-electron chi connectivity index (χ3n) is 4.46. The van der Waals surface area contributed by atoms with Crippen LogP contribution < -0.4 is 16.2 Å². The van der Waals surface area contributed by atoms with Crippen molar-refractivity contribution in [3.05, 3.63) is 80.6 Å². The van der Waals surface area contributed by atoms with E-state index in [2.05, 4.69) is 10.6 Å². The van der Waals surface area contributed by atoms with Gasteiger partial charge in [-0.2, -0.15) is 13.2 Å². The van der Waals surface area contributed by atoms with Crippen LogP contribution >= 0.6 is 11.3 Å². The number of rotatable bonds is 5. The van der Waals surface area contributed by atoms with Crippen molar-refractivity contribution < 1.29 is 22.8 Å². The molecule has 0 fully saturated rings. The van der Waals surface area contributed by atoms with E-state index in [4.69, 9.17) is 0 Å². The number of pyridine rings is 1. The number of thiophene rings is 1. The molecular weight excluding hydrogens is 431 g/mol. The standard InChI is InChI=1S/C21H18F3N3O3S/c1-11(2)12-3-5-13(6-4-12)17(28)27-20-15(7-8-31-20)18(29)26-16-9-14(21(22,23)24)10-25-19(16)30/h3-11H,1-2H3,(H,25,30)(H,26,29)(H,27,28). The summed E-state index contributed by atoms with van der Waals surface area (Å²) in [5, 5.41) is 6.55. The molecule has 2 aromatic heterocycles. The van der Waals surface area contributed by atoms with Crippen molar-refractivity contribution in [3.8, 4) is 0 Å². The molecule has 0 saturated carbocycles. The maximum absolute atomic E-state index is 12.9. The summed E-state index contributed by atoms with van der Waals surface area (Å²) < 4.78 is 38.6. The molecule has 0 aliphatic rings. The number of hydrogen-bond acceptors (Lipinski definition) is 4. The summed E-state index contributed by atoms with van der Waals surface area (Å²) in [6.07, 6.45) is -4.16. The molecule has 0 aliphatic heterocycles. The highest BCUT2D eigenvalue weighted by Crippen LogP contribution is 2.30. The molecule has 0 bridgehead atoms. The first-order valence-electron chi connectivity index (χ1n) is 9.16. The molecule has 162 valence electrons. The number of benzene rings is 1. The molecule has 3 rings (SSSR count). The van der Waals surface area contributed by atoms with Crippen molar-refractivity contribution >= 4 is 33.8 Å². The Bertz CT molecular complexity index is 1160. The molecule has 31 heavy (non-hydrogen) atoms. The summed E-state index contributed by atoms with van der Waals surface area (Å²) in [7, 11) is 0. The third kappa shape index (κ3) is 5.21. The second-order valence-electron chi connectivity index (χ2n) is 6.98. The van der Waals surface area contributed by atoms with Crippen molar-refractivity contribution in [2.45, 2.75) is 25.9 Å². The molecule has 2 heterocycles. The molecule has 10 heteroatoms. The SMILES string of the molecule is CC(C)c1ccc(C(=O)Nc2sccc2C(=O)Nc2cc(C(F)(F)F)c[nH]c2=O)cc1. The fourth-order valence-corrected chi connectivity index (χ4v) is 3.49. The topological polar surface area (TPSA) is 91.1 Å². The molecule has 1 aromatic carbocycles. The van der Waals surface area contributed by atoms with Gasteiger partial charge in [0.05, 0.1) is 11.1 Å². The van der Waals surface area contributed by atoms with Crippen LogP contribution in [0.5, 0.6) is 0 Å². The van der Waals surface area contributed by atoms with E-state index in [-0.39, 0.29) is 10.6 Å². The van der Waals surface area contributed by atoms with Crippen LogP contribution in [0.25, 0.3) is 0 Å². The molecule has 3 aromatic rings. The van der Waals surface area contributed by atoms with Crippen LogP contribution in [0.2, 0.25) is 0 Å². The predicted octanol–water partition coefficient (Wildman–Crippen LogP) is 5.08. The normalized spacial score (nSPS) is 11.4. The molecular formula is C21H18F3N3O3S. The first-order valence-corrected chi connectivity index (χ1v) is 10.0. The van der Waals surface area contributed by atoms with Crippen LogP contribution in [0.1, 0.15) is 51.6 Å². The minimum Gasteiger partial charge on any atom is -0.327 e. The smallest absolute Gasteiger partial charge is 0.327 e. The second kappa shape index (κ2) is 8.76. The molecule has 2 amide bonds. The Morgan fingerprint density at radius 1 is 1.03 bits per heavy atom. The second-order valence-corrected chi connectivity index (χ2v) is 7.89. The van der Waals surface area contributed by atoms with E-state index in [1.54, 1.807) is 17.5 Å². The summed E-state index contributed by atoms with van der Waals surface area (Å²) in [6.45, 7) is 4.06. The summed E-state index contributed by atoms with van der Waals surface area (Å²) >= 11 is 1.07. The molecule has 0 radical (unpaired) electrons. The lowest BCUT2D eigenvalue weighted by atomic mass is 10.0. The van der Waals surface area contributed by atoms with Crippen molar-refractivity contribution in [1.29, 1.82) is 0 Å². The number of nitrogens with one attached hydrogen (secondary N) is 3. The van der Waals surface area contributed by atoms with Crippen molar-refractivity contribution in [2.75, 3.05) is 10.6 Å². The Morgan fingerprint density at radius 3 is 2.32 bits per heavy atom. The van der Waals surface area contributed by atoms with Gasteiger partial charge in [-0.15, -0.1) is 11.3 Å². The number of halogens is 3. The first-order chi connectivity index (χ1) is 14.6. The fraction of sp³-hybridized carbons (Fsp3) is 0.190. The average Bonchev–Trinajstić information content (AvgIpc) is 3.17. The third-order valence-corrected chi connectivity index (χ3v) is 5.29. The van der Waals surface area contributed by atoms with Gasteiger partial charge in [0.2, 0.25) is 0 Å². The van der Waals surface area contributed by atoms with Crippen molar-refractivity contribution in [1.82, 2.24) is 4.98 Å². The number of hydrogen-bond donors (Lipinski definition) is 3. The Hall–Kier alpha value is -3.40. The van der Waals surface area contributed by atoms with Gasteiger partial charge in [-0.1, -0.05) is 26.0 Å². The Morgan fingerprint density at radius 2 is 1.71 bits per heavy atom. The summed E-state index contributed by atoms with van der Waals surface area (Å²) in [4.78, 5) is 38.8. The van der Waals surface area contributed by atoms with Crippen LogP contribution in [-0.2, 0) is 6.18 Å². The summed E-state index contributed by atoms with van der Waals surface area (Å²) in [5.41, 5.74) is -1.06. The van der Waals surface area contributed by atoms with Crippen LogP contribution in [0, 0.1) is 0 Å². The number of carbonyl (C=O) groups is 2. The molecule has 0 saturated heterocycles. The first kappa shape index (κ1) is 22.3. The van der Waals surface area contributed by atoms with Crippen LogP contribution in [0.4, 0.5) is 23.9 Å². The molecule has 0 aliphatic carbocycles. The fourth-order valence-electron chi connectivity index (χ4n) is 2.71. The summed E-state index contributed by atoms with van der Waals surface area (Å²) in [6, 6.07) is 8.96. The van der Waals surface area contributed by atoms with Gasteiger partial charge in [-0.25, -0.2) is 0 Å². The Kier molecular flexibility index (Phi) is 6.30. The van der Waals surface area contributed by atoms with E-state index >= 15 is 0 Å². The Balaban J connectivity index is 1.78. The van der Waals surface area contributed by atoms with Gasteiger partial charge in [0, 0.05) is 11.8 Å². The van der Waals surface area contributed by atoms with Gasteiger partial charge < -0.3 is 15.6 Å². The van der Waals surface area contributed by atoms with Gasteiger partial charge in [-0.3, -0.25) is 14.4 Å². The molecule has 0 atom stereocenters. The van der Waals surface area contributed by atoms with Gasteiger partial charge >= 0.3 is 6.18 Å². The molecule has 0 unspecified atom stereocenters. The number of H-pyrrole nitrogens is 1. The highest BCUT2D eigenvalue weighted by Gasteiger charge is 2.31. The lowest BCUT2D eigenvalue weighted by molar-refractivity contribution is -0.137. The zero-order valence-electron chi connectivity index (χ0n) is 16.5. The zero-order chi connectivity index (χ0) is 22.8. The Labute approximate surface area is 179 Å². The maximum atomic E-state index is 12.9. The van der Waals surface area contributed by atoms with E-state index < -0.39 is 34.8 Å². The molecule has 6 nitrogen and oxygen atoms in total. The molecule has 3 N–H and O–H groups in total. The van der Waals surface area contributed by atoms with E-state index in [1.807, 2.05) is 31.0 Å². The number of carbonyl (C=O) groups excluding carboxylic acids is 2. The number of aromatic amines is 1. The lowest BCUT2D eigenvalue weighted by Gasteiger charge is -2.10. The molecule has 0 spiro atoms. The quantitative estimate of drug-likeness (QED) is 0.507. The van der Waals surface area contributed by atoms with Crippen molar-refractivity contribution in [2.24, 2.45) is 0 Å². The van der Waals surface area contributed by atoms with E-state index in [1.165, 1.54) is 6.07 Å². The van der Waals surface area contributed by atoms with E-state index in [0.717, 1.165) is 16.9 Å². The monoisotopic (exact) mass is 449 g/mol. The number of anilines is 2. The highest BCUT2D eigenvalue weighted by atomic mass is 32.1.